The molecule has 0 aliphatic carbocycles. The monoisotopic (exact) mass is 318 g/mol. The third-order valence-corrected chi connectivity index (χ3v) is 4.17. The first-order chi connectivity index (χ1) is 11.2. The summed E-state index contributed by atoms with van der Waals surface area (Å²) >= 11 is 0. The fraction of sp³-hybridized carbons (Fsp3) is 0.529. The van der Waals surface area contributed by atoms with Gasteiger partial charge in [-0.05, 0) is 37.8 Å². The second kappa shape index (κ2) is 7.57. The molecule has 0 unspecified atom stereocenters. The average Bonchev–Trinajstić information content (AvgIpc) is 3.26. The molecule has 2 atom stereocenters. The molecule has 6 nitrogen and oxygen atoms in total. The molecule has 2 aliphatic rings. The van der Waals surface area contributed by atoms with Crippen LogP contribution in [0, 0.1) is 0 Å². The molecule has 2 saturated heterocycles. The molecule has 1 aromatic carbocycles. The summed E-state index contributed by atoms with van der Waals surface area (Å²) in [7, 11) is 0. The molecule has 3 rings (SSSR count). The SMILES string of the molecule is O=C(NC[C@@H]1CCCO1)c1ccccc1NC(=O)[C@@H]1CCCO1. The standard InChI is InChI=1S/C17H22N2O4/c20-16(18-11-12-5-3-9-22-12)13-6-1-2-7-14(13)19-17(21)15-8-4-10-23-15/h1-2,6-7,12,15H,3-5,8-11H2,(H,18,20)(H,19,21)/t12-,15-/m0/s1. The average molecular weight is 318 g/mol. The Bertz CT molecular complexity index is 563. The number of benzene rings is 1. The van der Waals surface area contributed by atoms with Crippen LogP contribution in [0.4, 0.5) is 5.69 Å². The molecule has 0 saturated carbocycles. The number of ether oxygens (including phenoxy) is 2. The van der Waals surface area contributed by atoms with Gasteiger partial charge in [0.2, 0.25) is 0 Å². The van der Waals surface area contributed by atoms with E-state index >= 15 is 0 Å². The smallest absolute Gasteiger partial charge is 0.253 e. The van der Waals surface area contributed by atoms with Crippen LogP contribution in [0.25, 0.3) is 0 Å². The molecule has 2 heterocycles. The van der Waals surface area contributed by atoms with Gasteiger partial charge in [0, 0.05) is 19.8 Å². The van der Waals surface area contributed by atoms with Crippen LogP contribution in [0.1, 0.15) is 36.0 Å². The summed E-state index contributed by atoms with van der Waals surface area (Å²) in [6.45, 7) is 1.86. The van der Waals surface area contributed by atoms with Crippen molar-refractivity contribution in [3.8, 4) is 0 Å². The van der Waals surface area contributed by atoms with Crippen LogP contribution in [0.15, 0.2) is 24.3 Å². The fourth-order valence-electron chi connectivity index (χ4n) is 2.89. The van der Waals surface area contributed by atoms with Crippen molar-refractivity contribution in [1.29, 1.82) is 0 Å². The van der Waals surface area contributed by atoms with Crippen molar-refractivity contribution in [2.75, 3.05) is 25.1 Å². The highest BCUT2D eigenvalue weighted by Crippen LogP contribution is 2.19. The lowest BCUT2D eigenvalue weighted by molar-refractivity contribution is -0.124. The molecule has 124 valence electrons. The quantitative estimate of drug-likeness (QED) is 0.866. The summed E-state index contributed by atoms with van der Waals surface area (Å²) in [4.78, 5) is 24.5. The van der Waals surface area contributed by atoms with Gasteiger partial charge in [-0.15, -0.1) is 0 Å². The summed E-state index contributed by atoms with van der Waals surface area (Å²) in [5.74, 6) is -0.398. The van der Waals surface area contributed by atoms with Crippen LogP contribution < -0.4 is 10.6 Å². The summed E-state index contributed by atoms with van der Waals surface area (Å²) in [5, 5.41) is 5.68. The largest absolute Gasteiger partial charge is 0.376 e. The van der Waals surface area contributed by atoms with Gasteiger partial charge in [-0.1, -0.05) is 12.1 Å². The Kier molecular flexibility index (Phi) is 5.25. The van der Waals surface area contributed by atoms with Gasteiger partial charge in [0.25, 0.3) is 11.8 Å². The number of carbonyl (C=O) groups excluding carboxylic acids is 2. The Morgan fingerprint density at radius 3 is 2.61 bits per heavy atom. The van der Waals surface area contributed by atoms with Crippen molar-refractivity contribution in [3.05, 3.63) is 29.8 Å². The summed E-state index contributed by atoms with van der Waals surface area (Å²) in [6, 6.07) is 7.01. The number of carbonyl (C=O) groups is 2. The van der Waals surface area contributed by atoms with E-state index in [1.165, 1.54) is 0 Å². The van der Waals surface area contributed by atoms with Gasteiger partial charge in [0.1, 0.15) is 6.10 Å². The Labute approximate surface area is 135 Å². The van der Waals surface area contributed by atoms with Gasteiger partial charge in [0.15, 0.2) is 0 Å². The first kappa shape index (κ1) is 16.0. The predicted octanol–water partition coefficient (Wildman–Crippen LogP) is 1.71. The number of rotatable bonds is 5. The maximum atomic E-state index is 12.4. The summed E-state index contributed by atoms with van der Waals surface area (Å²) in [6.07, 6.45) is 3.29. The van der Waals surface area contributed by atoms with Crippen LogP contribution in [-0.4, -0.2) is 43.8 Å². The van der Waals surface area contributed by atoms with E-state index in [1.54, 1.807) is 24.3 Å². The van der Waals surface area contributed by atoms with Crippen LogP contribution in [0.5, 0.6) is 0 Å². The molecule has 0 spiro atoms. The Morgan fingerprint density at radius 2 is 1.87 bits per heavy atom. The molecule has 23 heavy (non-hydrogen) atoms. The number of anilines is 1. The zero-order valence-corrected chi connectivity index (χ0v) is 13.0. The van der Waals surface area contributed by atoms with Crippen molar-refractivity contribution in [2.24, 2.45) is 0 Å². The number of amides is 2. The lowest BCUT2D eigenvalue weighted by Crippen LogP contribution is -2.33. The molecule has 2 N–H and O–H groups in total. The zero-order valence-electron chi connectivity index (χ0n) is 13.0. The van der Waals surface area contributed by atoms with E-state index in [2.05, 4.69) is 10.6 Å². The number of nitrogens with one attached hydrogen (secondary N) is 2. The van der Waals surface area contributed by atoms with Gasteiger partial charge >= 0.3 is 0 Å². The Balaban J connectivity index is 1.62. The van der Waals surface area contributed by atoms with E-state index in [-0.39, 0.29) is 17.9 Å². The van der Waals surface area contributed by atoms with Crippen LogP contribution in [0.3, 0.4) is 0 Å². The maximum absolute atomic E-state index is 12.4. The Hall–Kier alpha value is -1.92. The summed E-state index contributed by atoms with van der Waals surface area (Å²) in [5.41, 5.74) is 0.967. The number of hydrogen-bond donors (Lipinski definition) is 2. The van der Waals surface area contributed by atoms with E-state index in [0.29, 0.717) is 24.4 Å². The Morgan fingerprint density at radius 1 is 1.09 bits per heavy atom. The fourth-order valence-corrected chi connectivity index (χ4v) is 2.89. The van der Waals surface area contributed by atoms with Crippen molar-refractivity contribution in [1.82, 2.24) is 5.32 Å². The molecule has 0 aromatic heterocycles. The minimum atomic E-state index is -0.419. The van der Waals surface area contributed by atoms with Crippen molar-refractivity contribution in [3.63, 3.8) is 0 Å². The van der Waals surface area contributed by atoms with Crippen LogP contribution in [-0.2, 0) is 14.3 Å². The van der Waals surface area contributed by atoms with Crippen molar-refractivity contribution < 1.29 is 19.1 Å². The van der Waals surface area contributed by atoms with Crippen molar-refractivity contribution in [2.45, 2.75) is 37.9 Å². The molecule has 0 radical (unpaired) electrons. The normalized spacial score (nSPS) is 23.7. The molecule has 2 aliphatic heterocycles. The van der Waals surface area contributed by atoms with Gasteiger partial charge in [-0.3, -0.25) is 9.59 Å². The predicted molar refractivity (Wildman–Crippen MR) is 85.4 cm³/mol. The highest BCUT2D eigenvalue weighted by atomic mass is 16.5. The number of para-hydroxylation sites is 1. The minimum Gasteiger partial charge on any atom is -0.376 e. The molecule has 2 amide bonds. The molecule has 0 bridgehead atoms. The van der Waals surface area contributed by atoms with Gasteiger partial charge in [-0.25, -0.2) is 0 Å². The number of hydrogen-bond acceptors (Lipinski definition) is 4. The molecule has 1 aromatic rings. The highest BCUT2D eigenvalue weighted by molar-refractivity contribution is 6.04. The van der Waals surface area contributed by atoms with E-state index in [1.807, 2.05) is 0 Å². The zero-order chi connectivity index (χ0) is 16.1. The highest BCUT2D eigenvalue weighted by Gasteiger charge is 2.25. The van der Waals surface area contributed by atoms with Crippen LogP contribution in [0.2, 0.25) is 0 Å². The molecule has 2 fully saturated rings. The lowest BCUT2D eigenvalue weighted by Gasteiger charge is -2.15. The van der Waals surface area contributed by atoms with E-state index in [0.717, 1.165) is 32.3 Å². The minimum absolute atomic E-state index is 0.0904. The van der Waals surface area contributed by atoms with Crippen molar-refractivity contribution >= 4 is 17.5 Å². The van der Waals surface area contributed by atoms with E-state index in [9.17, 15) is 9.59 Å². The second-order valence-corrected chi connectivity index (χ2v) is 5.88. The molecule has 6 heteroatoms. The third kappa shape index (κ3) is 4.09. The van der Waals surface area contributed by atoms with Gasteiger partial charge in [-0.2, -0.15) is 0 Å². The van der Waals surface area contributed by atoms with Gasteiger partial charge in [0.05, 0.1) is 17.4 Å². The molecular weight excluding hydrogens is 296 g/mol. The second-order valence-electron chi connectivity index (χ2n) is 5.88. The maximum Gasteiger partial charge on any atom is 0.253 e. The first-order valence-corrected chi connectivity index (χ1v) is 8.15. The lowest BCUT2D eigenvalue weighted by atomic mass is 10.1. The first-order valence-electron chi connectivity index (χ1n) is 8.15. The van der Waals surface area contributed by atoms with Crippen LogP contribution >= 0.6 is 0 Å². The molecular formula is C17H22N2O4. The van der Waals surface area contributed by atoms with E-state index in [4.69, 9.17) is 9.47 Å². The topological polar surface area (TPSA) is 76.7 Å². The van der Waals surface area contributed by atoms with Gasteiger partial charge < -0.3 is 20.1 Å². The third-order valence-electron chi connectivity index (χ3n) is 4.17. The van der Waals surface area contributed by atoms with E-state index < -0.39 is 6.10 Å². The summed E-state index contributed by atoms with van der Waals surface area (Å²) < 4.78 is 10.9.